The average Bonchev–Trinajstić information content (AvgIpc) is 3.28. The Bertz CT molecular complexity index is 1230. The van der Waals surface area contributed by atoms with Crippen molar-refractivity contribution in [1.29, 1.82) is 0 Å². The number of hydrogen-bond acceptors (Lipinski definition) is 3. The second-order valence-corrected chi connectivity index (χ2v) is 7.22. The van der Waals surface area contributed by atoms with Gasteiger partial charge in [0.25, 0.3) is 0 Å². The Balaban J connectivity index is 2.40. The van der Waals surface area contributed by atoms with Gasteiger partial charge in [0.05, 0.1) is 5.69 Å². The number of phenolic OH excluding ortho intramolecular Hbond substituents is 2. The number of nitrogens with zero attached hydrogens (tertiary/aromatic N) is 1. The van der Waals surface area contributed by atoms with Crippen LogP contribution in [0.25, 0.3) is 22.9 Å². The Morgan fingerprint density at radius 1 is 1.17 bits per heavy atom. The molecule has 152 valence electrons. The first-order valence-electron chi connectivity index (χ1n) is 9.83. The second-order valence-electron chi connectivity index (χ2n) is 6.82. The first-order valence-corrected chi connectivity index (χ1v) is 10.2. The highest BCUT2D eigenvalue weighted by molar-refractivity contribution is 7.71. The van der Waals surface area contributed by atoms with Gasteiger partial charge >= 0.3 is 0 Å². The molecule has 1 aromatic carbocycles. The van der Waals surface area contributed by atoms with E-state index in [9.17, 15) is 10.2 Å². The van der Waals surface area contributed by atoms with Crippen LogP contribution in [0.4, 0.5) is 0 Å². The summed E-state index contributed by atoms with van der Waals surface area (Å²) in [5, 5.41) is 28.9. The van der Waals surface area contributed by atoms with Gasteiger partial charge in [-0.05, 0) is 49.1 Å². The van der Waals surface area contributed by atoms with Crippen LogP contribution in [-0.4, -0.2) is 25.0 Å². The van der Waals surface area contributed by atoms with Gasteiger partial charge in [-0.3, -0.25) is 10.2 Å². The molecule has 3 rings (SSSR count). The summed E-state index contributed by atoms with van der Waals surface area (Å²) >= 11 is 5.61. The Kier molecular flexibility index (Phi) is 6.13. The van der Waals surface area contributed by atoms with Crippen LogP contribution in [0.1, 0.15) is 38.3 Å². The van der Waals surface area contributed by atoms with E-state index in [1.807, 2.05) is 19.1 Å². The number of aromatic amines is 2. The average molecular weight is 410 g/mol. The summed E-state index contributed by atoms with van der Waals surface area (Å²) in [7, 11) is 0. The number of allylic oxidation sites excluding steroid dienone is 1. The number of benzene rings is 1. The summed E-state index contributed by atoms with van der Waals surface area (Å²) in [6.07, 6.45) is 7.26. The Hall–Kier alpha value is -2.99. The molecule has 0 atom stereocenters. The van der Waals surface area contributed by atoms with Gasteiger partial charge in [0.1, 0.15) is 16.1 Å². The topological polar surface area (TPSA) is 77.0 Å². The number of hydrogen-bond donors (Lipinski definition) is 4. The monoisotopic (exact) mass is 409 g/mol. The first-order chi connectivity index (χ1) is 14.0. The summed E-state index contributed by atoms with van der Waals surface area (Å²) in [5.41, 5.74) is 4.02. The number of rotatable bonds is 6. The fourth-order valence-electron chi connectivity index (χ4n) is 3.77. The first kappa shape index (κ1) is 20.7. The number of aryl methyl sites for hydroxylation is 2. The summed E-state index contributed by atoms with van der Waals surface area (Å²) in [6, 6.07) is 5.29. The van der Waals surface area contributed by atoms with E-state index in [1.54, 1.807) is 6.08 Å². The van der Waals surface area contributed by atoms with E-state index in [4.69, 9.17) is 12.2 Å². The van der Waals surface area contributed by atoms with Crippen LogP contribution in [0.2, 0.25) is 0 Å². The predicted octanol–water partition coefficient (Wildman–Crippen LogP) is 4.11. The van der Waals surface area contributed by atoms with E-state index in [1.165, 1.54) is 6.07 Å². The van der Waals surface area contributed by atoms with Gasteiger partial charge in [-0.2, -0.15) is 0 Å². The zero-order chi connectivity index (χ0) is 21.1. The predicted molar refractivity (Wildman–Crippen MR) is 121 cm³/mol. The van der Waals surface area contributed by atoms with Gasteiger partial charge in [0.2, 0.25) is 0 Å². The summed E-state index contributed by atoms with van der Waals surface area (Å²) < 4.78 is 2.75. The van der Waals surface area contributed by atoms with E-state index < -0.39 is 0 Å². The Morgan fingerprint density at radius 3 is 2.55 bits per heavy atom. The summed E-state index contributed by atoms with van der Waals surface area (Å²) in [5.74, 6) is 0.0951. The molecule has 2 aromatic heterocycles. The van der Waals surface area contributed by atoms with Crippen LogP contribution < -0.4 is 10.6 Å². The van der Waals surface area contributed by atoms with E-state index in [-0.39, 0.29) is 11.5 Å². The Labute approximate surface area is 175 Å². The zero-order valence-corrected chi connectivity index (χ0v) is 17.9. The third-order valence-corrected chi connectivity index (χ3v) is 5.53. The van der Waals surface area contributed by atoms with Crippen molar-refractivity contribution < 1.29 is 10.2 Å². The van der Waals surface area contributed by atoms with Crippen LogP contribution in [0.5, 0.6) is 11.5 Å². The van der Waals surface area contributed by atoms with Gasteiger partial charge in [0.15, 0.2) is 0 Å². The number of aromatic nitrogens is 3. The molecule has 6 heteroatoms. The second kappa shape index (κ2) is 8.57. The van der Waals surface area contributed by atoms with Crippen LogP contribution >= 0.6 is 12.2 Å². The molecule has 0 unspecified atom stereocenters. The molecule has 5 nitrogen and oxygen atoms in total. The van der Waals surface area contributed by atoms with Gasteiger partial charge in [-0.25, -0.2) is 0 Å². The molecule has 0 aliphatic heterocycles. The third kappa shape index (κ3) is 3.68. The van der Waals surface area contributed by atoms with Crippen molar-refractivity contribution in [1.82, 2.24) is 14.8 Å². The molecule has 0 bridgehead atoms. The lowest BCUT2D eigenvalue weighted by Gasteiger charge is -2.11. The van der Waals surface area contributed by atoms with Gasteiger partial charge in [-0.1, -0.05) is 38.7 Å². The molecule has 0 radical (unpaired) electrons. The fraction of sp³-hybridized carbons (Fsp3) is 0.261. The molecule has 0 saturated heterocycles. The largest absolute Gasteiger partial charge is 0.508 e. The minimum atomic E-state index is 0.00524. The van der Waals surface area contributed by atoms with E-state index in [0.717, 1.165) is 40.2 Å². The Morgan fingerprint density at radius 2 is 1.93 bits per heavy atom. The van der Waals surface area contributed by atoms with Crippen molar-refractivity contribution in [3.63, 3.8) is 0 Å². The molecule has 0 aliphatic rings. The quantitative estimate of drug-likeness (QED) is 0.463. The third-order valence-electron chi connectivity index (χ3n) is 5.23. The molecule has 0 amide bonds. The van der Waals surface area contributed by atoms with Gasteiger partial charge < -0.3 is 14.8 Å². The van der Waals surface area contributed by atoms with Crippen molar-refractivity contribution >= 4 is 23.9 Å². The molecule has 3 aromatic rings. The number of nitrogens with one attached hydrogen (secondary N) is 2. The lowest BCUT2D eigenvalue weighted by Crippen LogP contribution is -2.30. The SMILES string of the molecule is C=C/C=c1\c(=C(/CC)c2c(-c3cc(CC)c(O)cc3O)[nH][nH]c2=S)ccn1CC. The lowest BCUT2D eigenvalue weighted by atomic mass is 9.96. The lowest BCUT2D eigenvalue weighted by molar-refractivity contribution is 0.447. The van der Waals surface area contributed by atoms with Crippen molar-refractivity contribution in [2.75, 3.05) is 0 Å². The number of H-pyrrole nitrogens is 2. The van der Waals surface area contributed by atoms with Crippen LogP contribution in [0.3, 0.4) is 0 Å². The van der Waals surface area contributed by atoms with Crippen molar-refractivity contribution in [3.05, 3.63) is 63.4 Å². The van der Waals surface area contributed by atoms with Crippen LogP contribution in [0, 0.1) is 4.64 Å². The van der Waals surface area contributed by atoms with E-state index >= 15 is 0 Å². The van der Waals surface area contributed by atoms with Crippen LogP contribution in [0.15, 0.2) is 37.1 Å². The minimum absolute atomic E-state index is 0.00524. The molecule has 4 N–H and O–H groups in total. The molecule has 0 aliphatic carbocycles. The van der Waals surface area contributed by atoms with Crippen LogP contribution in [-0.2, 0) is 13.0 Å². The maximum atomic E-state index is 10.5. The van der Waals surface area contributed by atoms with E-state index in [2.05, 4.69) is 47.5 Å². The molecular weight excluding hydrogens is 382 g/mol. The van der Waals surface area contributed by atoms with Crippen molar-refractivity contribution in [2.24, 2.45) is 0 Å². The normalized spacial score (nSPS) is 13.0. The highest BCUT2D eigenvalue weighted by Crippen LogP contribution is 2.37. The molecule has 0 fully saturated rings. The summed E-state index contributed by atoms with van der Waals surface area (Å²) in [6.45, 7) is 10.9. The highest BCUT2D eigenvalue weighted by Gasteiger charge is 2.19. The maximum absolute atomic E-state index is 10.5. The number of phenols is 2. The smallest absolute Gasteiger partial charge is 0.128 e. The molecule has 0 saturated carbocycles. The van der Waals surface area contributed by atoms with Gasteiger partial charge in [0, 0.05) is 40.5 Å². The molecule has 2 heterocycles. The minimum Gasteiger partial charge on any atom is -0.508 e. The van der Waals surface area contributed by atoms with Crippen molar-refractivity contribution in [2.45, 2.75) is 40.2 Å². The number of aromatic hydroxyl groups is 2. The highest BCUT2D eigenvalue weighted by atomic mass is 32.1. The summed E-state index contributed by atoms with van der Waals surface area (Å²) in [4.78, 5) is 0. The fourth-order valence-corrected chi connectivity index (χ4v) is 4.04. The molecule has 29 heavy (non-hydrogen) atoms. The maximum Gasteiger partial charge on any atom is 0.128 e. The molecule has 0 spiro atoms. The van der Waals surface area contributed by atoms with E-state index in [0.29, 0.717) is 22.3 Å². The van der Waals surface area contributed by atoms with Crippen molar-refractivity contribution in [3.8, 4) is 22.8 Å². The molecular formula is C23H27N3O2S. The van der Waals surface area contributed by atoms with Gasteiger partial charge in [-0.15, -0.1) is 0 Å². The standard InChI is InChI=1S/C23H27N3O2S/c1-5-9-18-16(10-11-26(18)8-4)15(7-3)21-22(24-25-23(21)29)17-12-14(6-2)19(27)13-20(17)28/h5,9-13,27-28H,1,6-8H2,2-4H3,(H2,24,25,29)/b16-15+,18-9+. The zero-order valence-electron chi connectivity index (χ0n) is 17.0.